The minimum Gasteiger partial charge on any atom is -0.508 e. The first kappa shape index (κ1) is 17.8. The number of aliphatic hydroxyl groups is 1. The van der Waals surface area contributed by atoms with Crippen LogP contribution in [0, 0.1) is 0 Å². The number of hydrogen-bond acceptors (Lipinski definition) is 5. The maximum Gasteiger partial charge on any atom is 0.122 e. The van der Waals surface area contributed by atoms with Gasteiger partial charge in [0.15, 0.2) is 0 Å². The van der Waals surface area contributed by atoms with Gasteiger partial charge in [-0.15, -0.1) is 0 Å². The molecule has 0 saturated carbocycles. The Morgan fingerprint density at radius 1 is 1.33 bits per heavy atom. The molecule has 5 heteroatoms. The van der Waals surface area contributed by atoms with Crippen LogP contribution < -0.4 is 10.2 Å². The third kappa shape index (κ3) is 5.53. The molecule has 0 bridgehead atoms. The summed E-state index contributed by atoms with van der Waals surface area (Å²) >= 11 is 0. The van der Waals surface area contributed by atoms with E-state index in [4.69, 9.17) is 9.84 Å². The molecule has 0 radical (unpaired) electrons. The van der Waals surface area contributed by atoms with Crippen molar-refractivity contribution in [3.8, 4) is 5.75 Å². The monoisotopic (exact) mass is 296 g/mol. The zero-order valence-corrected chi connectivity index (χ0v) is 13.3. The van der Waals surface area contributed by atoms with Crippen molar-refractivity contribution < 1.29 is 14.9 Å². The van der Waals surface area contributed by atoms with Crippen LogP contribution in [-0.2, 0) is 4.74 Å². The summed E-state index contributed by atoms with van der Waals surface area (Å²) in [6.45, 7) is 6.93. The number of rotatable bonds is 10. The number of benzene rings is 1. The van der Waals surface area contributed by atoms with E-state index in [1.807, 2.05) is 24.0 Å². The lowest BCUT2D eigenvalue weighted by molar-refractivity contribution is 0.203. The Hall–Kier alpha value is -1.30. The summed E-state index contributed by atoms with van der Waals surface area (Å²) < 4.78 is 5.08. The van der Waals surface area contributed by atoms with Crippen LogP contribution in [0.5, 0.6) is 5.75 Å². The van der Waals surface area contributed by atoms with E-state index in [9.17, 15) is 5.11 Å². The third-order valence-electron chi connectivity index (χ3n) is 3.48. The van der Waals surface area contributed by atoms with Gasteiger partial charge in [-0.25, -0.2) is 0 Å². The molecule has 1 aromatic rings. The number of aromatic hydroxyl groups is 1. The first-order valence-corrected chi connectivity index (χ1v) is 7.55. The molecule has 0 aliphatic rings. The van der Waals surface area contributed by atoms with E-state index in [0.717, 1.165) is 24.2 Å². The predicted molar refractivity (Wildman–Crippen MR) is 86.0 cm³/mol. The summed E-state index contributed by atoms with van der Waals surface area (Å²) in [5.74, 6) is 0.281. The van der Waals surface area contributed by atoms with E-state index in [2.05, 4.69) is 12.2 Å². The van der Waals surface area contributed by atoms with Crippen LogP contribution in [0.1, 0.15) is 31.9 Å². The fraction of sp³-hybridized carbons (Fsp3) is 0.625. The number of phenols is 1. The SMILES string of the molecule is CCCNC(C)c1ccc(N(CCO)CCOC)cc1O. The summed E-state index contributed by atoms with van der Waals surface area (Å²) in [4.78, 5) is 2.00. The van der Waals surface area contributed by atoms with E-state index in [0.29, 0.717) is 19.7 Å². The molecule has 3 N–H and O–H groups in total. The number of phenolic OH excluding ortho intramolecular Hbond substituents is 1. The summed E-state index contributed by atoms with van der Waals surface area (Å²) in [5, 5.41) is 22.8. The van der Waals surface area contributed by atoms with Crippen LogP contribution >= 0.6 is 0 Å². The van der Waals surface area contributed by atoms with Crippen molar-refractivity contribution >= 4 is 5.69 Å². The Morgan fingerprint density at radius 3 is 2.67 bits per heavy atom. The normalized spacial score (nSPS) is 12.4. The Morgan fingerprint density at radius 2 is 2.10 bits per heavy atom. The zero-order chi connectivity index (χ0) is 15.7. The number of nitrogens with zero attached hydrogens (tertiary/aromatic N) is 1. The molecule has 0 heterocycles. The molecule has 120 valence electrons. The topological polar surface area (TPSA) is 65.0 Å². The van der Waals surface area contributed by atoms with Gasteiger partial charge in [0.25, 0.3) is 0 Å². The van der Waals surface area contributed by atoms with E-state index < -0.39 is 0 Å². The van der Waals surface area contributed by atoms with Gasteiger partial charge in [0.1, 0.15) is 5.75 Å². The molecule has 0 spiro atoms. The van der Waals surface area contributed by atoms with E-state index in [-0.39, 0.29) is 18.4 Å². The van der Waals surface area contributed by atoms with Crippen molar-refractivity contribution in [3.05, 3.63) is 23.8 Å². The van der Waals surface area contributed by atoms with Gasteiger partial charge in [-0.05, 0) is 26.0 Å². The average molecular weight is 296 g/mol. The number of methoxy groups -OCH3 is 1. The molecule has 0 fully saturated rings. The molecule has 1 rings (SSSR count). The van der Waals surface area contributed by atoms with Crippen molar-refractivity contribution in [1.29, 1.82) is 0 Å². The lowest BCUT2D eigenvalue weighted by Gasteiger charge is -2.25. The van der Waals surface area contributed by atoms with Gasteiger partial charge < -0.3 is 25.2 Å². The molecule has 0 saturated heterocycles. The molecule has 5 nitrogen and oxygen atoms in total. The Kier molecular flexibility index (Phi) is 8.12. The molecule has 0 aliphatic heterocycles. The van der Waals surface area contributed by atoms with Crippen LogP contribution in [0.2, 0.25) is 0 Å². The summed E-state index contributed by atoms with van der Waals surface area (Å²) in [7, 11) is 1.65. The molecular weight excluding hydrogens is 268 g/mol. The fourth-order valence-corrected chi connectivity index (χ4v) is 2.26. The fourth-order valence-electron chi connectivity index (χ4n) is 2.26. The predicted octanol–water partition coefficient (Wildman–Crippen LogP) is 1.90. The van der Waals surface area contributed by atoms with Crippen LogP contribution in [0.4, 0.5) is 5.69 Å². The quantitative estimate of drug-likeness (QED) is 0.615. The van der Waals surface area contributed by atoms with Crippen molar-refractivity contribution in [3.63, 3.8) is 0 Å². The number of ether oxygens (including phenoxy) is 1. The lowest BCUT2D eigenvalue weighted by atomic mass is 10.1. The summed E-state index contributed by atoms with van der Waals surface area (Å²) in [6.07, 6.45) is 1.06. The molecule has 21 heavy (non-hydrogen) atoms. The van der Waals surface area contributed by atoms with Crippen LogP contribution in [0.25, 0.3) is 0 Å². The molecule has 1 unspecified atom stereocenters. The second kappa shape index (κ2) is 9.60. The second-order valence-electron chi connectivity index (χ2n) is 5.12. The minimum absolute atomic E-state index is 0.0701. The smallest absolute Gasteiger partial charge is 0.122 e. The highest BCUT2D eigenvalue weighted by Crippen LogP contribution is 2.29. The first-order valence-electron chi connectivity index (χ1n) is 7.55. The van der Waals surface area contributed by atoms with Gasteiger partial charge in [-0.3, -0.25) is 0 Å². The molecule has 1 aromatic carbocycles. The van der Waals surface area contributed by atoms with Gasteiger partial charge in [0, 0.05) is 43.6 Å². The van der Waals surface area contributed by atoms with Crippen molar-refractivity contribution in [1.82, 2.24) is 5.32 Å². The van der Waals surface area contributed by atoms with Gasteiger partial charge >= 0.3 is 0 Å². The van der Waals surface area contributed by atoms with E-state index in [1.165, 1.54) is 0 Å². The standard InChI is InChI=1S/C16H28N2O3/c1-4-7-17-13(2)15-6-5-14(12-16(15)20)18(8-10-19)9-11-21-3/h5-6,12-13,17,19-20H,4,7-11H2,1-3H3. The molecule has 0 aliphatic carbocycles. The number of aliphatic hydroxyl groups excluding tert-OH is 1. The highest BCUT2D eigenvalue weighted by molar-refractivity contribution is 5.54. The van der Waals surface area contributed by atoms with Gasteiger partial charge in [0.2, 0.25) is 0 Å². The molecule has 0 amide bonds. The molecule has 1 atom stereocenters. The van der Waals surface area contributed by atoms with Crippen molar-refractivity contribution in [2.24, 2.45) is 0 Å². The lowest BCUT2D eigenvalue weighted by Crippen LogP contribution is -2.30. The number of hydrogen-bond donors (Lipinski definition) is 3. The van der Waals surface area contributed by atoms with Crippen LogP contribution in [0.3, 0.4) is 0 Å². The second-order valence-corrected chi connectivity index (χ2v) is 5.12. The Labute approximate surface area is 127 Å². The minimum atomic E-state index is 0.0701. The van der Waals surface area contributed by atoms with Gasteiger partial charge in [-0.1, -0.05) is 13.0 Å². The Balaban J connectivity index is 2.83. The average Bonchev–Trinajstić information content (AvgIpc) is 2.48. The van der Waals surface area contributed by atoms with Gasteiger partial charge in [-0.2, -0.15) is 0 Å². The number of anilines is 1. The third-order valence-corrected chi connectivity index (χ3v) is 3.48. The zero-order valence-electron chi connectivity index (χ0n) is 13.3. The van der Waals surface area contributed by atoms with Crippen molar-refractivity contribution in [2.75, 3.05) is 44.9 Å². The van der Waals surface area contributed by atoms with Crippen LogP contribution in [0.15, 0.2) is 18.2 Å². The maximum absolute atomic E-state index is 10.2. The summed E-state index contributed by atoms with van der Waals surface area (Å²) in [6, 6.07) is 5.79. The largest absolute Gasteiger partial charge is 0.508 e. The van der Waals surface area contributed by atoms with Crippen molar-refractivity contribution in [2.45, 2.75) is 26.3 Å². The van der Waals surface area contributed by atoms with Gasteiger partial charge in [0.05, 0.1) is 13.2 Å². The van der Waals surface area contributed by atoms with Crippen LogP contribution in [-0.4, -0.2) is 50.2 Å². The first-order chi connectivity index (χ1) is 10.1. The molecule has 0 aromatic heterocycles. The highest BCUT2D eigenvalue weighted by atomic mass is 16.5. The maximum atomic E-state index is 10.2. The van der Waals surface area contributed by atoms with E-state index in [1.54, 1.807) is 13.2 Å². The summed E-state index contributed by atoms with van der Waals surface area (Å²) in [5.41, 5.74) is 1.79. The number of nitrogens with one attached hydrogen (secondary N) is 1. The highest BCUT2D eigenvalue weighted by Gasteiger charge is 2.13. The Bertz CT molecular complexity index is 413. The molecular formula is C16H28N2O3. The van der Waals surface area contributed by atoms with E-state index >= 15 is 0 Å².